The van der Waals surface area contributed by atoms with E-state index >= 15 is 0 Å². The van der Waals surface area contributed by atoms with E-state index in [1.807, 2.05) is 20.8 Å². The molecule has 2 atom stereocenters. The third kappa shape index (κ3) is 2.17. The highest BCUT2D eigenvalue weighted by Gasteiger charge is 2.47. The number of carbonyl (C=O) groups excluding carboxylic acids is 1. The zero-order chi connectivity index (χ0) is 11.9. The first-order valence-electron chi connectivity index (χ1n) is 5.99. The lowest BCUT2D eigenvalue weighted by Gasteiger charge is -2.52. The number of piperidine rings is 2. The molecule has 0 aromatic rings. The van der Waals surface area contributed by atoms with Crippen molar-refractivity contribution in [1.82, 2.24) is 4.90 Å². The lowest BCUT2D eigenvalue weighted by atomic mass is 9.62. The van der Waals surface area contributed by atoms with Gasteiger partial charge in [-0.25, -0.2) is 4.79 Å². The van der Waals surface area contributed by atoms with Gasteiger partial charge in [0.05, 0.1) is 0 Å². The quantitative estimate of drug-likeness (QED) is 0.738. The maximum Gasteiger partial charge on any atom is 0.410 e. The molecule has 2 aliphatic heterocycles. The molecule has 92 valence electrons. The molecule has 0 aromatic carbocycles. The molecule has 2 saturated heterocycles. The smallest absolute Gasteiger partial charge is 0.410 e. The second-order valence-electron chi connectivity index (χ2n) is 5.99. The van der Waals surface area contributed by atoms with E-state index in [1.54, 1.807) is 4.90 Å². The topological polar surface area (TPSA) is 49.8 Å². The van der Waals surface area contributed by atoms with Gasteiger partial charge in [0.1, 0.15) is 5.60 Å². The molecule has 2 heterocycles. The molecule has 1 amide bonds. The molecule has 0 radical (unpaired) electrons. The first-order chi connectivity index (χ1) is 7.40. The summed E-state index contributed by atoms with van der Waals surface area (Å²) in [6.45, 7) is 7.40. The summed E-state index contributed by atoms with van der Waals surface area (Å²) in [6, 6.07) is 0. The fourth-order valence-corrected chi connectivity index (χ4v) is 2.76. The number of fused-ring (bicyclic) bond motifs is 2. The van der Waals surface area contributed by atoms with Crippen LogP contribution in [-0.4, -0.2) is 41.4 Å². The monoisotopic (exact) mass is 227 g/mol. The minimum atomic E-state index is -0.422. The Morgan fingerprint density at radius 2 is 1.94 bits per heavy atom. The van der Waals surface area contributed by atoms with Crippen LogP contribution in [0, 0.1) is 17.8 Å². The van der Waals surface area contributed by atoms with Crippen LogP contribution in [0.2, 0.25) is 0 Å². The number of aliphatic hydroxyl groups is 1. The molecule has 16 heavy (non-hydrogen) atoms. The van der Waals surface area contributed by atoms with Gasteiger partial charge in [0, 0.05) is 19.7 Å². The summed E-state index contributed by atoms with van der Waals surface area (Å²) in [4.78, 5) is 13.6. The summed E-state index contributed by atoms with van der Waals surface area (Å²) >= 11 is 0. The van der Waals surface area contributed by atoms with Crippen LogP contribution in [0.1, 0.15) is 27.2 Å². The molecule has 1 N–H and O–H groups in total. The molecular formula is C12H21NO3. The Kier molecular flexibility index (Phi) is 2.86. The molecule has 1 saturated carbocycles. The van der Waals surface area contributed by atoms with E-state index in [1.165, 1.54) is 0 Å². The van der Waals surface area contributed by atoms with E-state index < -0.39 is 5.60 Å². The van der Waals surface area contributed by atoms with E-state index in [-0.39, 0.29) is 12.7 Å². The molecule has 3 aliphatic rings. The molecule has 0 aromatic heterocycles. The Morgan fingerprint density at radius 3 is 2.38 bits per heavy atom. The van der Waals surface area contributed by atoms with Crippen LogP contribution >= 0.6 is 0 Å². The minimum absolute atomic E-state index is 0.210. The van der Waals surface area contributed by atoms with Crippen molar-refractivity contribution in [2.45, 2.75) is 32.8 Å². The van der Waals surface area contributed by atoms with Gasteiger partial charge in [0.25, 0.3) is 0 Å². The van der Waals surface area contributed by atoms with Crippen LogP contribution < -0.4 is 0 Å². The summed E-state index contributed by atoms with van der Waals surface area (Å²) in [5.74, 6) is 1.38. The number of hydrogen-bond acceptors (Lipinski definition) is 3. The molecular weight excluding hydrogens is 206 g/mol. The Balaban J connectivity index is 1.88. The highest BCUT2D eigenvalue weighted by atomic mass is 16.6. The van der Waals surface area contributed by atoms with Gasteiger partial charge in [0.2, 0.25) is 0 Å². The van der Waals surface area contributed by atoms with E-state index in [4.69, 9.17) is 9.84 Å². The van der Waals surface area contributed by atoms with Gasteiger partial charge in [-0.3, -0.25) is 0 Å². The van der Waals surface area contributed by atoms with Gasteiger partial charge in [0.15, 0.2) is 0 Å². The van der Waals surface area contributed by atoms with Gasteiger partial charge in [-0.05, 0) is 44.9 Å². The second kappa shape index (κ2) is 3.91. The third-order valence-electron chi connectivity index (χ3n) is 3.59. The first-order valence-corrected chi connectivity index (χ1v) is 5.99. The number of hydrogen-bond donors (Lipinski definition) is 1. The van der Waals surface area contributed by atoms with Crippen molar-refractivity contribution in [1.29, 1.82) is 0 Å². The maximum atomic E-state index is 11.8. The van der Waals surface area contributed by atoms with Crippen LogP contribution in [0.5, 0.6) is 0 Å². The SMILES string of the molecule is CC(C)(C)OC(=O)N1CC2CC(C1)C2CO. The van der Waals surface area contributed by atoms with Gasteiger partial charge < -0.3 is 14.7 Å². The van der Waals surface area contributed by atoms with Crippen molar-refractivity contribution in [2.24, 2.45) is 17.8 Å². The van der Waals surface area contributed by atoms with Gasteiger partial charge >= 0.3 is 6.09 Å². The zero-order valence-electron chi connectivity index (χ0n) is 10.3. The molecule has 4 nitrogen and oxygen atoms in total. The van der Waals surface area contributed by atoms with Gasteiger partial charge in [-0.15, -0.1) is 0 Å². The van der Waals surface area contributed by atoms with E-state index in [0.29, 0.717) is 17.8 Å². The first kappa shape index (κ1) is 11.7. The standard InChI is InChI=1S/C12H21NO3/c1-12(2,3)16-11(15)13-5-8-4-9(6-13)10(8)7-14/h8-10,14H,4-7H2,1-3H3. The van der Waals surface area contributed by atoms with Crippen molar-refractivity contribution in [3.05, 3.63) is 0 Å². The molecule has 3 fully saturated rings. The summed E-state index contributed by atoms with van der Waals surface area (Å²) in [7, 11) is 0. The normalized spacial score (nSPS) is 33.2. The van der Waals surface area contributed by atoms with Crippen molar-refractivity contribution < 1.29 is 14.6 Å². The van der Waals surface area contributed by atoms with Crippen LogP contribution in [0.15, 0.2) is 0 Å². The predicted molar refractivity (Wildman–Crippen MR) is 60.0 cm³/mol. The lowest BCUT2D eigenvalue weighted by molar-refractivity contribution is -0.0721. The van der Waals surface area contributed by atoms with Crippen LogP contribution in [-0.2, 0) is 4.74 Å². The summed E-state index contributed by atoms with van der Waals surface area (Å²) in [5, 5.41) is 9.17. The summed E-state index contributed by atoms with van der Waals surface area (Å²) < 4.78 is 5.34. The second-order valence-corrected chi connectivity index (χ2v) is 5.99. The zero-order valence-corrected chi connectivity index (χ0v) is 10.3. The molecule has 1 aliphatic carbocycles. The Morgan fingerprint density at radius 1 is 1.38 bits per heavy atom. The number of ether oxygens (including phenoxy) is 1. The molecule has 0 spiro atoms. The van der Waals surface area contributed by atoms with Crippen LogP contribution in [0.3, 0.4) is 0 Å². The fourth-order valence-electron chi connectivity index (χ4n) is 2.76. The molecule has 2 bridgehead atoms. The van der Waals surface area contributed by atoms with E-state index in [9.17, 15) is 4.79 Å². The van der Waals surface area contributed by atoms with Crippen molar-refractivity contribution in [3.63, 3.8) is 0 Å². The Hall–Kier alpha value is -0.770. The van der Waals surface area contributed by atoms with Crippen molar-refractivity contribution in [2.75, 3.05) is 19.7 Å². The fraction of sp³-hybridized carbons (Fsp3) is 0.917. The number of amides is 1. The Bertz CT molecular complexity index is 272. The van der Waals surface area contributed by atoms with Crippen molar-refractivity contribution >= 4 is 6.09 Å². The number of rotatable bonds is 1. The third-order valence-corrected chi connectivity index (χ3v) is 3.59. The number of aliphatic hydroxyl groups excluding tert-OH is 1. The predicted octanol–water partition coefficient (Wildman–Crippen LogP) is 1.48. The average molecular weight is 227 g/mol. The maximum absolute atomic E-state index is 11.8. The lowest BCUT2D eigenvalue weighted by Crippen LogP contribution is -2.58. The molecule has 4 heteroatoms. The van der Waals surface area contributed by atoms with Crippen molar-refractivity contribution in [3.8, 4) is 0 Å². The highest BCUT2D eigenvalue weighted by Crippen LogP contribution is 2.45. The van der Waals surface area contributed by atoms with Crippen LogP contribution in [0.25, 0.3) is 0 Å². The molecule has 2 unspecified atom stereocenters. The molecule has 3 rings (SSSR count). The van der Waals surface area contributed by atoms with Crippen LogP contribution in [0.4, 0.5) is 4.79 Å². The summed E-state index contributed by atoms with van der Waals surface area (Å²) in [6.07, 6.45) is 0.948. The van der Waals surface area contributed by atoms with Gasteiger partial charge in [-0.2, -0.15) is 0 Å². The van der Waals surface area contributed by atoms with E-state index in [0.717, 1.165) is 19.5 Å². The Labute approximate surface area is 96.6 Å². The average Bonchev–Trinajstić information content (AvgIpc) is 2.16. The van der Waals surface area contributed by atoms with Gasteiger partial charge in [-0.1, -0.05) is 0 Å². The van der Waals surface area contributed by atoms with E-state index in [2.05, 4.69) is 0 Å². The number of nitrogens with zero attached hydrogens (tertiary/aromatic N) is 1. The largest absolute Gasteiger partial charge is 0.444 e. The minimum Gasteiger partial charge on any atom is -0.444 e. The number of carbonyl (C=O) groups is 1. The summed E-state index contributed by atoms with van der Waals surface area (Å²) in [5.41, 5.74) is -0.422. The highest BCUT2D eigenvalue weighted by molar-refractivity contribution is 5.68.